The SMILES string of the molecule is COc1ccc(CN(C)c2cc(Cl)nc3c2ncn3C(=O)N[C@@H]2CC[C@H]2OCc2cc(N)cc(N3CCOC(F)(F)C3)c2)c(OC)c1. The van der Waals surface area contributed by atoms with Crippen LogP contribution in [-0.4, -0.2) is 79.8 Å². The maximum Gasteiger partial charge on any atom is 0.373 e. The summed E-state index contributed by atoms with van der Waals surface area (Å²) in [6.07, 6.45) is -0.578. The first kappa shape index (κ1) is 32.5. The number of nitrogens with two attached hydrogens (primary N) is 1. The number of alkyl halides is 2. The first-order chi connectivity index (χ1) is 22.5. The molecule has 15 heteroatoms. The number of morpholine rings is 1. The lowest BCUT2D eigenvalue weighted by atomic mass is 9.89. The number of ether oxygens (including phenoxy) is 4. The lowest BCUT2D eigenvalue weighted by Crippen LogP contribution is -2.52. The highest BCUT2D eigenvalue weighted by Gasteiger charge is 2.37. The fourth-order valence-electron chi connectivity index (χ4n) is 5.81. The minimum atomic E-state index is -3.22. The maximum atomic E-state index is 13.8. The molecule has 1 aliphatic heterocycles. The highest BCUT2D eigenvalue weighted by molar-refractivity contribution is 6.30. The standard InChI is InChI=1S/C32H36ClF2N7O5/c1-40(15-20-4-5-23(44-2)13-27(20)45-3)25-14-28(33)39-30-29(25)37-18-42(30)31(43)38-24-6-7-26(24)46-16-19-10-21(36)12-22(11-19)41-8-9-47-32(34,35)17-41/h4-5,10-14,18,24,26H,6-9,15-17,36H2,1-3H3,(H,38,43)/t24-,26-/m1/s1. The summed E-state index contributed by atoms with van der Waals surface area (Å²) in [7, 11) is 5.09. The van der Waals surface area contributed by atoms with E-state index in [1.807, 2.05) is 30.1 Å². The van der Waals surface area contributed by atoms with Crippen molar-refractivity contribution in [1.29, 1.82) is 0 Å². The van der Waals surface area contributed by atoms with Gasteiger partial charge < -0.3 is 39.8 Å². The van der Waals surface area contributed by atoms with Crippen molar-refractivity contribution in [2.45, 2.75) is 44.2 Å². The number of carbonyl (C=O) groups is 1. The van der Waals surface area contributed by atoms with Crippen LogP contribution in [0.2, 0.25) is 5.15 Å². The number of imidazole rings is 1. The van der Waals surface area contributed by atoms with Crippen LogP contribution in [0.25, 0.3) is 11.2 Å². The molecular formula is C32H36ClF2N7O5. The maximum absolute atomic E-state index is 13.8. The van der Waals surface area contributed by atoms with Gasteiger partial charge in [0, 0.05) is 49.2 Å². The third kappa shape index (κ3) is 7.14. The lowest BCUT2D eigenvalue weighted by molar-refractivity contribution is -0.240. The molecule has 1 saturated heterocycles. The monoisotopic (exact) mass is 671 g/mol. The molecule has 12 nitrogen and oxygen atoms in total. The van der Waals surface area contributed by atoms with Crippen molar-refractivity contribution in [1.82, 2.24) is 19.9 Å². The predicted molar refractivity (Wildman–Crippen MR) is 174 cm³/mol. The number of amides is 1. The van der Waals surface area contributed by atoms with Gasteiger partial charge in [-0.1, -0.05) is 11.6 Å². The second-order valence-electron chi connectivity index (χ2n) is 11.6. The van der Waals surface area contributed by atoms with Crippen LogP contribution in [0.5, 0.6) is 11.5 Å². The van der Waals surface area contributed by atoms with Gasteiger partial charge in [-0.05, 0) is 48.7 Å². The number of pyridine rings is 1. The number of anilines is 3. The van der Waals surface area contributed by atoms with Crippen LogP contribution < -0.4 is 30.3 Å². The molecule has 2 aromatic heterocycles. The van der Waals surface area contributed by atoms with Crippen LogP contribution in [0.15, 0.2) is 48.8 Å². The number of aromatic nitrogens is 3. The molecule has 1 saturated carbocycles. The van der Waals surface area contributed by atoms with E-state index >= 15 is 0 Å². The van der Waals surface area contributed by atoms with Crippen LogP contribution in [-0.2, 0) is 22.6 Å². The molecule has 3 N–H and O–H groups in total. The fourth-order valence-corrected chi connectivity index (χ4v) is 5.99. The van der Waals surface area contributed by atoms with Crippen LogP contribution in [0, 0.1) is 0 Å². The molecule has 250 valence electrons. The summed E-state index contributed by atoms with van der Waals surface area (Å²) < 4.78 is 50.5. The van der Waals surface area contributed by atoms with Gasteiger partial charge in [-0.25, -0.2) is 19.3 Å². The number of halogens is 3. The van der Waals surface area contributed by atoms with E-state index in [0.717, 1.165) is 24.0 Å². The van der Waals surface area contributed by atoms with E-state index in [1.54, 1.807) is 43.4 Å². The number of nitrogens with one attached hydrogen (secondary N) is 1. The van der Waals surface area contributed by atoms with Gasteiger partial charge in [0.15, 0.2) is 5.65 Å². The molecule has 47 heavy (non-hydrogen) atoms. The zero-order valence-corrected chi connectivity index (χ0v) is 27.0. The number of rotatable bonds is 10. The third-order valence-corrected chi connectivity index (χ3v) is 8.58. The highest BCUT2D eigenvalue weighted by atomic mass is 35.5. The van der Waals surface area contributed by atoms with Gasteiger partial charge >= 0.3 is 12.1 Å². The molecular weight excluding hydrogens is 636 g/mol. The zero-order chi connectivity index (χ0) is 33.3. The molecule has 2 atom stereocenters. The Morgan fingerprint density at radius 3 is 2.74 bits per heavy atom. The molecule has 3 heterocycles. The summed E-state index contributed by atoms with van der Waals surface area (Å²) in [6, 6.07) is 11.8. The van der Waals surface area contributed by atoms with E-state index in [9.17, 15) is 13.6 Å². The van der Waals surface area contributed by atoms with E-state index in [2.05, 4.69) is 20.0 Å². The van der Waals surface area contributed by atoms with E-state index in [1.165, 1.54) is 10.9 Å². The van der Waals surface area contributed by atoms with Crippen LogP contribution in [0.3, 0.4) is 0 Å². The van der Waals surface area contributed by atoms with E-state index in [4.69, 9.17) is 31.5 Å². The van der Waals surface area contributed by atoms with Crippen molar-refractivity contribution in [3.05, 3.63) is 65.1 Å². The van der Waals surface area contributed by atoms with Crippen molar-refractivity contribution in [2.75, 3.05) is 56.5 Å². The highest BCUT2D eigenvalue weighted by Crippen LogP contribution is 2.33. The molecule has 0 spiro atoms. The number of carbonyl (C=O) groups excluding carboxylic acids is 1. The molecule has 2 aliphatic rings. The average Bonchev–Trinajstić information content (AvgIpc) is 3.46. The Morgan fingerprint density at radius 1 is 1.19 bits per heavy atom. The van der Waals surface area contributed by atoms with Crippen molar-refractivity contribution in [2.24, 2.45) is 0 Å². The van der Waals surface area contributed by atoms with Gasteiger partial charge in [0.05, 0.1) is 45.3 Å². The summed E-state index contributed by atoms with van der Waals surface area (Å²) in [4.78, 5) is 25.8. The van der Waals surface area contributed by atoms with Crippen molar-refractivity contribution < 1.29 is 32.5 Å². The summed E-state index contributed by atoms with van der Waals surface area (Å²) in [6.45, 7) is 0.369. The molecule has 1 amide bonds. The first-order valence-electron chi connectivity index (χ1n) is 15.1. The van der Waals surface area contributed by atoms with E-state index in [0.29, 0.717) is 52.8 Å². The molecule has 6 rings (SSSR count). The van der Waals surface area contributed by atoms with E-state index < -0.39 is 18.7 Å². The Bertz CT molecular complexity index is 1770. The third-order valence-electron chi connectivity index (χ3n) is 8.38. The Labute approximate surface area is 275 Å². The van der Waals surface area contributed by atoms with Crippen molar-refractivity contribution in [3.8, 4) is 11.5 Å². The van der Waals surface area contributed by atoms with Crippen LogP contribution in [0.4, 0.5) is 30.6 Å². The summed E-state index contributed by atoms with van der Waals surface area (Å²) in [5.41, 5.74) is 10.3. The number of nitrogen functional groups attached to an aromatic ring is 1. The Morgan fingerprint density at radius 2 is 2.02 bits per heavy atom. The molecule has 0 radical (unpaired) electrons. The minimum Gasteiger partial charge on any atom is -0.497 e. The number of nitrogens with zero attached hydrogens (tertiary/aromatic N) is 5. The number of fused-ring (bicyclic) bond motifs is 1. The van der Waals surface area contributed by atoms with Gasteiger partial charge in [0.1, 0.15) is 35.0 Å². The van der Waals surface area contributed by atoms with Crippen LogP contribution >= 0.6 is 11.6 Å². The quantitative estimate of drug-likeness (QED) is 0.174. The summed E-state index contributed by atoms with van der Waals surface area (Å²) >= 11 is 6.43. The predicted octanol–water partition coefficient (Wildman–Crippen LogP) is 5.06. The number of hydrogen-bond donors (Lipinski definition) is 2. The number of benzene rings is 2. The number of hydrogen-bond acceptors (Lipinski definition) is 10. The number of methoxy groups -OCH3 is 2. The van der Waals surface area contributed by atoms with Gasteiger partial charge in [-0.3, -0.25) is 0 Å². The molecule has 4 aromatic rings. The molecule has 0 unspecified atom stereocenters. The summed E-state index contributed by atoms with van der Waals surface area (Å²) in [5, 5.41) is 3.23. The summed E-state index contributed by atoms with van der Waals surface area (Å²) in [5.74, 6) is 1.36. The van der Waals surface area contributed by atoms with Gasteiger partial charge in [0.25, 0.3) is 0 Å². The molecule has 2 fully saturated rings. The largest absolute Gasteiger partial charge is 0.497 e. The minimum absolute atomic E-state index is 0.0814. The fraction of sp³-hybridized carbons (Fsp3) is 0.406. The Balaban J connectivity index is 1.11. The van der Waals surface area contributed by atoms with Crippen LogP contribution in [0.1, 0.15) is 24.0 Å². The molecule has 2 aromatic carbocycles. The second-order valence-corrected chi connectivity index (χ2v) is 12.0. The Hall–Kier alpha value is -4.40. The molecule has 1 aliphatic carbocycles. The Kier molecular flexibility index (Phi) is 9.26. The lowest BCUT2D eigenvalue weighted by Gasteiger charge is -2.37. The zero-order valence-electron chi connectivity index (χ0n) is 26.2. The normalized spacial score (nSPS) is 18.9. The van der Waals surface area contributed by atoms with Gasteiger partial charge in [0.2, 0.25) is 0 Å². The van der Waals surface area contributed by atoms with Gasteiger partial charge in [-0.15, -0.1) is 0 Å². The smallest absolute Gasteiger partial charge is 0.373 e. The van der Waals surface area contributed by atoms with Crippen molar-refractivity contribution in [3.63, 3.8) is 0 Å². The van der Waals surface area contributed by atoms with Gasteiger partial charge in [-0.2, -0.15) is 8.78 Å². The topological polar surface area (TPSA) is 129 Å². The average molecular weight is 672 g/mol. The molecule has 0 bridgehead atoms. The van der Waals surface area contributed by atoms with E-state index in [-0.39, 0.29) is 30.5 Å². The van der Waals surface area contributed by atoms with Crippen molar-refractivity contribution >= 4 is 45.9 Å². The first-order valence-corrected chi connectivity index (χ1v) is 15.5. The second kappa shape index (κ2) is 13.4.